The van der Waals surface area contributed by atoms with Crippen molar-refractivity contribution in [2.24, 2.45) is 0 Å². The minimum atomic E-state index is -0.177. The molecule has 1 saturated carbocycles. The summed E-state index contributed by atoms with van der Waals surface area (Å²) in [6, 6.07) is 12.9. The topological polar surface area (TPSA) is 61.9 Å². The van der Waals surface area contributed by atoms with E-state index in [-0.39, 0.29) is 11.7 Å². The summed E-state index contributed by atoms with van der Waals surface area (Å²) in [4.78, 5) is 29.4. The Labute approximate surface area is 227 Å². The van der Waals surface area contributed by atoms with Gasteiger partial charge in [-0.25, -0.2) is 0 Å². The van der Waals surface area contributed by atoms with Crippen LogP contribution in [0.1, 0.15) is 73.9 Å². The molecule has 0 atom stereocenters. The lowest BCUT2D eigenvalue weighted by Crippen LogP contribution is -2.43. The van der Waals surface area contributed by atoms with Gasteiger partial charge >= 0.3 is 0 Å². The smallest absolute Gasteiger partial charge is 0.251 e. The van der Waals surface area contributed by atoms with Gasteiger partial charge in [-0.05, 0) is 82.0 Å². The predicted octanol–water partition coefficient (Wildman–Crippen LogP) is 6.03. The quantitative estimate of drug-likeness (QED) is 0.365. The molecule has 2 aromatic rings. The maximum absolute atomic E-state index is 12.9. The van der Waals surface area contributed by atoms with Crippen molar-refractivity contribution >= 4 is 29.0 Å². The van der Waals surface area contributed by atoms with Gasteiger partial charge in [0.05, 0.1) is 7.11 Å². The van der Waals surface area contributed by atoms with Crippen molar-refractivity contribution in [3.05, 3.63) is 58.1 Å². The fraction of sp³-hybridized carbons (Fsp3) is 0.533. The van der Waals surface area contributed by atoms with Crippen LogP contribution in [-0.4, -0.2) is 55.9 Å². The molecular weight excluding hydrogens is 486 g/mol. The molecule has 7 heteroatoms. The van der Waals surface area contributed by atoms with Crippen LogP contribution in [0.3, 0.4) is 0 Å². The Balaban J connectivity index is 1.65. The van der Waals surface area contributed by atoms with Gasteiger partial charge < -0.3 is 15.0 Å². The Morgan fingerprint density at radius 1 is 1.08 bits per heavy atom. The van der Waals surface area contributed by atoms with E-state index in [0.29, 0.717) is 42.1 Å². The zero-order valence-electron chi connectivity index (χ0n) is 23.0. The van der Waals surface area contributed by atoms with E-state index >= 15 is 0 Å². The number of anilines is 1. The normalized spacial score (nSPS) is 17.5. The summed E-state index contributed by atoms with van der Waals surface area (Å²) in [5.74, 6) is 0.863. The number of carbonyl (C=O) groups is 2. The summed E-state index contributed by atoms with van der Waals surface area (Å²) >= 11 is 6.50. The zero-order chi connectivity index (χ0) is 26.9. The summed E-state index contributed by atoms with van der Waals surface area (Å²) in [6.07, 6.45) is 5.27. The van der Waals surface area contributed by atoms with Crippen LogP contribution in [-0.2, 0) is 11.3 Å². The van der Waals surface area contributed by atoms with Crippen molar-refractivity contribution < 1.29 is 14.3 Å². The first-order valence-corrected chi connectivity index (χ1v) is 13.8. The van der Waals surface area contributed by atoms with Gasteiger partial charge in [-0.3, -0.25) is 14.5 Å². The first-order valence-electron chi connectivity index (χ1n) is 13.5. The molecule has 1 aliphatic carbocycles. The van der Waals surface area contributed by atoms with Gasteiger partial charge in [0.1, 0.15) is 11.5 Å². The number of nitrogens with one attached hydrogen (secondary N) is 1. The van der Waals surface area contributed by atoms with Gasteiger partial charge in [-0.2, -0.15) is 0 Å². The molecule has 3 rings (SSSR count). The second kappa shape index (κ2) is 13.8. The monoisotopic (exact) mass is 527 g/mol. The molecule has 1 aliphatic rings. The second-order valence-corrected chi connectivity index (χ2v) is 10.4. The third kappa shape index (κ3) is 7.71. The number of hydrogen-bond donors (Lipinski definition) is 1. The van der Waals surface area contributed by atoms with Crippen molar-refractivity contribution in [3.8, 4) is 5.75 Å². The molecule has 0 bridgehead atoms. The average molecular weight is 528 g/mol. The van der Waals surface area contributed by atoms with E-state index in [4.69, 9.17) is 16.3 Å². The summed E-state index contributed by atoms with van der Waals surface area (Å²) in [7, 11) is 3.92. The number of ether oxygens (including phenoxy) is 1. The molecule has 1 amide bonds. The van der Waals surface area contributed by atoms with Gasteiger partial charge in [0.2, 0.25) is 0 Å². The molecule has 0 spiro atoms. The van der Waals surface area contributed by atoms with Crippen molar-refractivity contribution in [1.82, 2.24) is 10.2 Å². The number of Topliss-reactive ketones (excluding diaryl/α,β-unsaturated/α-hetero) is 1. The lowest BCUT2D eigenvalue weighted by molar-refractivity contribution is -0.118. The van der Waals surface area contributed by atoms with Crippen LogP contribution in [0.4, 0.5) is 5.69 Å². The molecule has 0 radical (unpaired) electrons. The third-order valence-electron chi connectivity index (χ3n) is 7.62. The number of halogens is 1. The molecule has 0 aromatic heterocycles. The van der Waals surface area contributed by atoms with E-state index in [9.17, 15) is 9.59 Å². The van der Waals surface area contributed by atoms with Crippen molar-refractivity contribution in [2.45, 2.75) is 77.9 Å². The number of nitrogens with zero attached hydrogens (tertiary/aromatic N) is 2. The Morgan fingerprint density at radius 3 is 2.43 bits per heavy atom. The summed E-state index contributed by atoms with van der Waals surface area (Å²) in [5, 5.41) is 3.45. The first-order chi connectivity index (χ1) is 17.8. The first kappa shape index (κ1) is 29.0. The predicted molar refractivity (Wildman–Crippen MR) is 152 cm³/mol. The SMILES string of the molecule is CCC(=O)CCNC(=O)c1cc(Cl)cc(N(CC)C2CCC(N(C)Cc3cccc(OC)c3)CC2)c1C. The van der Waals surface area contributed by atoms with Crippen LogP contribution in [0.25, 0.3) is 0 Å². The highest BCUT2D eigenvalue weighted by Crippen LogP contribution is 2.34. The van der Waals surface area contributed by atoms with E-state index in [2.05, 4.69) is 41.2 Å². The highest BCUT2D eigenvalue weighted by Gasteiger charge is 2.29. The third-order valence-corrected chi connectivity index (χ3v) is 7.84. The highest BCUT2D eigenvalue weighted by atomic mass is 35.5. The van der Waals surface area contributed by atoms with Gasteiger partial charge in [0.15, 0.2) is 0 Å². The lowest BCUT2D eigenvalue weighted by Gasteiger charge is -2.41. The van der Waals surface area contributed by atoms with E-state index < -0.39 is 0 Å². The van der Waals surface area contributed by atoms with Crippen LogP contribution < -0.4 is 15.0 Å². The fourth-order valence-electron chi connectivity index (χ4n) is 5.41. The van der Waals surface area contributed by atoms with Crippen LogP contribution >= 0.6 is 11.6 Å². The molecule has 1 fully saturated rings. The summed E-state index contributed by atoms with van der Waals surface area (Å²) < 4.78 is 5.38. The maximum atomic E-state index is 12.9. The molecule has 0 unspecified atom stereocenters. The Bertz CT molecular complexity index is 1070. The van der Waals surface area contributed by atoms with Gasteiger partial charge in [-0.1, -0.05) is 30.7 Å². The molecule has 0 heterocycles. The van der Waals surface area contributed by atoms with E-state index in [1.54, 1.807) is 13.2 Å². The highest BCUT2D eigenvalue weighted by molar-refractivity contribution is 6.31. The number of carbonyl (C=O) groups excluding carboxylic acids is 2. The number of ketones is 1. The van der Waals surface area contributed by atoms with Crippen LogP contribution in [0.15, 0.2) is 36.4 Å². The van der Waals surface area contributed by atoms with Gasteiger partial charge in [0, 0.05) is 60.8 Å². The van der Waals surface area contributed by atoms with Gasteiger partial charge in [0.25, 0.3) is 5.91 Å². The molecule has 1 N–H and O–H groups in total. The number of methoxy groups -OCH3 is 1. The summed E-state index contributed by atoms with van der Waals surface area (Å²) in [6.45, 7) is 8.09. The number of benzene rings is 2. The number of rotatable bonds is 12. The van der Waals surface area contributed by atoms with Crippen molar-refractivity contribution in [1.29, 1.82) is 0 Å². The minimum absolute atomic E-state index is 0.144. The Kier molecular flexibility index (Phi) is 10.8. The zero-order valence-corrected chi connectivity index (χ0v) is 23.7. The largest absolute Gasteiger partial charge is 0.497 e. The molecular formula is C30H42ClN3O3. The number of amides is 1. The molecule has 0 saturated heterocycles. The molecule has 202 valence electrons. The van der Waals surface area contributed by atoms with Crippen LogP contribution in [0.2, 0.25) is 5.02 Å². The van der Waals surface area contributed by atoms with E-state index in [1.807, 2.05) is 32.0 Å². The Morgan fingerprint density at radius 2 is 1.78 bits per heavy atom. The lowest BCUT2D eigenvalue weighted by atomic mass is 9.88. The van der Waals surface area contributed by atoms with E-state index in [0.717, 1.165) is 55.8 Å². The minimum Gasteiger partial charge on any atom is -0.497 e. The van der Waals surface area contributed by atoms with E-state index in [1.165, 1.54) is 5.56 Å². The fourth-order valence-corrected chi connectivity index (χ4v) is 5.62. The maximum Gasteiger partial charge on any atom is 0.251 e. The van der Waals surface area contributed by atoms with Crippen LogP contribution in [0, 0.1) is 6.92 Å². The Hall–Kier alpha value is -2.57. The second-order valence-electron chi connectivity index (χ2n) is 10.0. The van der Waals surface area contributed by atoms with Crippen molar-refractivity contribution in [3.63, 3.8) is 0 Å². The molecule has 0 aliphatic heterocycles. The number of hydrogen-bond acceptors (Lipinski definition) is 5. The molecule has 2 aromatic carbocycles. The van der Waals surface area contributed by atoms with Crippen molar-refractivity contribution in [2.75, 3.05) is 32.1 Å². The standard InChI is InChI=1S/C30H42ClN3O3/c1-6-26(35)15-16-32-30(36)28-18-23(31)19-29(21(28)3)34(7-2)25-13-11-24(12-14-25)33(4)20-22-9-8-10-27(17-22)37-5/h8-10,17-19,24-25H,6-7,11-16,20H2,1-5H3,(H,32,36). The summed E-state index contributed by atoms with van der Waals surface area (Å²) in [5.41, 5.74) is 3.80. The molecule has 37 heavy (non-hydrogen) atoms. The molecule has 6 nitrogen and oxygen atoms in total. The van der Waals surface area contributed by atoms with Crippen LogP contribution in [0.5, 0.6) is 5.75 Å². The average Bonchev–Trinajstić information content (AvgIpc) is 2.91. The van der Waals surface area contributed by atoms with Gasteiger partial charge in [-0.15, -0.1) is 0 Å².